The molecule has 0 heterocycles. The molecule has 0 saturated heterocycles. The predicted molar refractivity (Wildman–Crippen MR) is 152 cm³/mol. The largest absolute Gasteiger partial charge is 0.393 e. The lowest BCUT2D eigenvalue weighted by molar-refractivity contribution is 0.00528. The first-order chi connectivity index (χ1) is 17.0. The second-order valence-electron chi connectivity index (χ2n) is 14.5. The van der Waals surface area contributed by atoms with E-state index in [0.29, 0.717) is 23.8 Å². The fourth-order valence-electron chi connectivity index (χ4n) is 8.14. The summed E-state index contributed by atoms with van der Waals surface area (Å²) in [6.45, 7) is 16.6. The van der Waals surface area contributed by atoms with Crippen molar-refractivity contribution in [3.05, 3.63) is 35.5 Å². The van der Waals surface area contributed by atoms with Gasteiger partial charge in [-0.25, -0.2) is 4.39 Å². The summed E-state index contributed by atoms with van der Waals surface area (Å²) in [6.07, 6.45) is 15.0. The molecule has 3 rings (SSSR count). The van der Waals surface area contributed by atoms with Crippen molar-refractivity contribution >= 4 is 0 Å². The van der Waals surface area contributed by atoms with Gasteiger partial charge in [0, 0.05) is 6.42 Å². The van der Waals surface area contributed by atoms with Crippen LogP contribution in [0, 0.1) is 22.7 Å². The van der Waals surface area contributed by atoms with Gasteiger partial charge < -0.3 is 15.3 Å². The van der Waals surface area contributed by atoms with Crippen LogP contribution < -0.4 is 0 Å². The first-order valence-electron chi connectivity index (χ1n) is 14.9. The molecule has 0 spiro atoms. The maximum atomic E-state index is 14.3. The van der Waals surface area contributed by atoms with E-state index in [4.69, 9.17) is 0 Å². The van der Waals surface area contributed by atoms with Crippen LogP contribution in [0.1, 0.15) is 125 Å². The van der Waals surface area contributed by atoms with E-state index in [1.54, 1.807) is 0 Å². The fourth-order valence-corrected chi connectivity index (χ4v) is 8.14. The Hall–Kier alpha value is -0.970. The Bertz CT molecular complexity index is 838. The van der Waals surface area contributed by atoms with Gasteiger partial charge in [0.15, 0.2) is 0 Å². The van der Waals surface area contributed by atoms with Gasteiger partial charge in [0.25, 0.3) is 0 Å². The van der Waals surface area contributed by atoms with Crippen molar-refractivity contribution in [3.8, 4) is 0 Å². The van der Waals surface area contributed by atoms with Crippen molar-refractivity contribution in [1.29, 1.82) is 0 Å². The molecule has 3 aliphatic carbocycles. The molecule has 3 fully saturated rings. The van der Waals surface area contributed by atoms with Crippen molar-refractivity contribution in [2.75, 3.05) is 0 Å². The minimum Gasteiger partial charge on any atom is -0.393 e. The van der Waals surface area contributed by atoms with Crippen LogP contribution in [0.3, 0.4) is 0 Å². The molecule has 3 nitrogen and oxygen atoms in total. The first-order valence-corrected chi connectivity index (χ1v) is 14.9. The lowest BCUT2D eigenvalue weighted by atomic mass is 9.55. The molecule has 37 heavy (non-hydrogen) atoms. The number of aliphatic hydroxyl groups is 3. The summed E-state index contributed by atoms with van der Waals surface area (Å²) in [5.41, 5.74) is 2.01. The van der Waals surface area contributed by atoms with Gasteiger partial charge in [-0.05, 0) is 126 Å². The van der Waals surface area contributed by atoms with Gasteiger partial charge >= 0.3 is 0 Å². The van der Waals surface area contributed by atoms with Gasteiger partial charge in [-0.3, -0.25) is 0 Å². The van der Waals surface area contributed by atoms with Gasteiger partial charge in [0.1, 0.15) is 6.17 Å². The highest BCUT2D eigenvalue weighted by Crippen LogP contribution is 2.64. The smallest absolute Gasteiger partial charge is 0.127 e. The van der Waals surface area contributed by atoms with E-state index < -0.39 is 23.5 Å². The molecule has 0 unspecified atom stereocenters. The molecule has 0 amide bonds. The number of alkyl halides is 1. The summed E-state index contributed by atoms with van der Waals surface area (Å²) < 4.78 is 14.3. The number of halogens is 1. The van der Waals surface area contributed by atoms with Crippen LogP contribution in [0.2, 0.25) is 0 Å². The molecule has 0 bridgehead atoms. The minimum absolute atomic E-state index is 0.161. The standard InChI is InChI=1S/C33H55FO3/c1-23-25(21-26(35)22-28(23)34)13-12-24-11-8-20-33(7)27(24)14-15-29(33)32(6,18-9-16-30(2,3)36)19-10-17-31(4,5)37/h12-13,26-29,35-37H,1,8-11,14-22H2,2-7H3/b24-12+,25-13-/t26-,27+,28+,29-,33+/m1/s1. The van der Waals surface area contributed by atoms with Gasteiger partial charge in [-0.1, -0.05) is 51.0 Å². The molecule has 4 heteroatoms. The average Bonchev–Trinajstić information content (AvgIpc) is 3.11. The molecule has 0 aromatic carbocycles. The maximum Gasteiger partial charge on any atom is 0.127 e. The molecule has 5 atom stereocenters. The van der Waals surface area contributed by atoms with Gasteiger partial charge in [0.05, 0.1) is 17.3 Å². The van der Waals surface area contributed by atoms with Crippen molar-refractivity contribution in [3.63, 3.8) is 0 Å². The zero-order chi connectivity index (χ0) is 27.6. The summed E-state index contributed by atoms with van der Waals surface area (Å²) in [4.78, 5) is 0. The maximum absolute atomic E-state index is 14.3. The highest BCUT2D eigenvalue weighted by atomic mass is 19.1. The Morgan fingerprint density at radius 1 is 0.973 bits per heavy atom. The van der Waals surface area contributed by atoms with E-state index in [1.165, 1.54) is 31.3 Å². The number of hydrogen-bond acceptors (Lipinski definition) is 3. The first kappa shape index (κ1) is 30.6. The summed E-state index contributed by atoms with van der Waals surface area (Å²) in [5, 5.41) is 30.8. The van der Waals surface area contributed by atoms with Gasteiger partial charge in [-0.2, -0.15) is 0 Å². The van der Waals surface area contributed by atoms with E-state index in [9.17, 15) is 19.7 Å². The topological polar surface area (TPSA) is 60.7 Å². The molecule has 3 N–H and O–H groups in total. The van der Waals surface area contributed by atoms with Crippen molar-refractivity contribution in [2.45, 2.75) is 148 Å². The van der Waals surface area contributed by atoms with Crippen molar-refractivity contribution in [2.24, 2.45) is 22.7 Å². The Kier molecular flexibility index (Phi) is 9.62. The zero-order valence-electron chi connectivity index (χ0n) is 24.6. The predicted octanol–water partition coefficient (Wildman–Crippen LogP) is 7.99. The van der Waals surface area contributed by atoms with Crippen LogP contribution in [0.4, 0.5) is 4.39 Å². The second-order valence-corrected chi connectivity index (χ2v) is 14.5. The number of allylic oxidation sites excluding steroid dienone is 4. The lowest BCUT2D eigenvalue weighted by Gasteiger charge is -2.50. The highest BCUT2D eigenvalue weighted by Gasteiger charge is 2.54. The van der Waals surface area contributed by atoms with E-state index in [1.807, 2.05) is 27.7 Å². The number of rotatable bonds is 10. The van der Waals surface area contributed by atoms with E-state index in [0.717, 1.165) is 50.5 Å². The van der Waals surface area contributed by atoms with Crippen LogP contribution in [-0.4, -0.2) is 38.8 Å². The molecule has 0 aromatic rings. The molecule has 3 saturated carbocycles. The monoisotopic (exact) mass is 518 g/mol. The zero-order valence-corrected chi connectivity index (χ0v) is 24.6. The molecule has 0 aromatic heterocycles. The van der Waals surface area contributed by atoms with Crippen LogP contribution in [0.5, 0.6) is 0 Å². The van der Waals surface area contributed by atoms with E-state index in [2.05, 4.69) is 32.6 Å². The second kappa shape index (κ2) is 11.6. The van der Waals surface area contributed by atoms with E-state index in [-0.39, 0.29) is 17.3 Å². The van der Waals surface area contributed by atoms with Crippen LogP contribution in [-0.2, 0) is 0 Å². The molecule has 212 valence electrons. The van der Waals surface area contributed by atoms with Crippen LogP contribution >= 0.6 is 0 Å². The summed E-state index contributed by atoms with van der Waals surface area (Å²) >= 11 is 0. The minimum atomic E-state index is -1.14. The molecule has 0 aliphatic heterocycles. The lowest BCUT2D eigenvalue weighted by Crippen LogP contribution is -2.41. The SMILES string of the molecule is C=C1/C(=C\C=C2/CCC[C@]3(C)[C@@H](C(C)(CCCC(C)(C)O)CCCC(C)(C)O)CC[C@@H]23)C[C@@H](O)C[C@@H]1F. The third kappa shape index (κ3) is 7.79. The Labute approximate surface area is 226 Å². The molecular formula is C33H55FO3. The van der Waals surface area contributed by atoms with E-state index >= 15 is 0 Å². The summed E-state index contributed by atoms with van der Waals surface area (Å²) in [5.74, 6) is 1.14. The van der Waals surface area contributed by atoms with Gasteiger partial charge in [-0.15, -0.1) is 0 Å². The fraction of sp³-hybridized carbons (Fsp3) is 0.818. The van der Waals surface area contributed by atoms with Gasteiger partial charge in [0.2, 0.25) is 0 Å². The third-order valence-electron chi connectivity index (χ3n) is 10.1. The molecular weight excluding hydrogens is 463 g/mol. The Balaban J connectivity index is 1.83. The third-order valence-corrected chi connectivity index (χ3v) is 10.1. The Morgan fingerprint density at radius 3 is 2.14 bits per heavy atom. The highest BCUT2D eigenvalue weighted by molar-refractivity contribution is 5.38. The van der Waals surface area contributed by atoms with Crippen LogP contribution in [0.15, 0.2) is 35.5 Å². The number of aliphatic hydroxyl groups excluding tert-OH is 1. The quantitative estimate of drug-likeness (QED) is 0.275. The number of hydrogen-bond donors (Lipinski definition) is 3. The molecule has 3 aliphatic rings. The van der Waals surface area contributed by atoms with Crippen molar-refractivity contribution < 1.29 is 19.7 Å². The number of fused-ring (bicyclic) bond motifs is 1. The average molecular weight is 519 g/mol. The normalized spacial score (nSPS) is 33.8. The van der Waals surface area contributed by atoms with Crippen LogP contribution in [0.25, 0.3) is 0 Å². The van der Waals surface area contributed by atoms with Crippen molar-refractivity contribution in [1.82, 2.24) is 0 Å². The Morgan fingerprint density at radius 2 is 1.57 bits per heavy atom. The summed E-state index contributed by atoms with van der Waals surface area (Å²) in [6, 6.07) is 0. The molecule has 0 radical (unpaired) electrons. The summed E-state index contributed by atoms with van der Waals surface area (Å²) in [7, 11) is 0.